The molecule has 6 heterocycles. The molecule has 788 valence electrons. The van der Waals surface area contributed by atoms with E-state index in [1.807, 2.05) is 53.5 Å². The van der Waals surface area contributed by atoms with E-state index in [0.717, 1.165) is 52.2 Å². The highest BCUT2D eigenvalue weighted by Gasteiger charge is 2.55. The van der Waals surface area contributed by atoms with Crippen molar-refractivity contribution in [1.82, 2.24) is 26.3 Å². The van der Waals surface area contributed by atoms with Crippen molar-refractivity contribution in [3.63, 3.8) is 0 Å². The summed E-state index contributed by atoms with van der Waals surface area (Å²) in [5.74, 6) is -11.0. The SMILES string of the molecule is COC(=O)C1C[C@H](OCC2O[C@H](OCCNC(=O)c3cc(OCCNC(=O)CCCCCN4N=NC5c6ccccc6CN(C(=O)CCC(=O)NCCCCCCOP(=O)([O-])OC)c6ccccc6C54)cc(C(=O)NCCO[C@H]4OC(CO[C@H]5CC(C(=O)OC)[C@@H](C(=O)OC)CC5O[C@@H]5OC(CO)[C@@H](O)[C@H](O)C5O)[C@@H](O)[C@H](O)C4O)c3)C(O)[C@@H](O)[C@@H]2O)C(O[C@@H]2OC(CO)[C@@H](O)[C@H](O)C2O)C[C@@H]1C(=O)OC. The predicted molar refractivity (Wildman–Crippen MR) is 473 cm³/mol. The molecule has 0 aromatic heterocycles. The summed E-state index contributed by atoms with van der Waals surface area (Å²) >= 11 is 0. The van der Waals surface area contributed by atoms with Crippen LogP contribution in [0.4, 0.5) is 5.69 Å². The molecule has 6 fully saturated rings. The molecule has 15 unspecified atom stereocenters. The Hall–Kier alpha value is -8.76. The minimum Gasteiger partial charge on any atom is -0.756 e. The Balaban J connectivity index is 0.708. The molecule has 50 nitrogen and oxygen atoms in total. The highest BCUT2D eigenvalue weighted by molar-refractivity contribution is 7.45. The number of aliphatic hydroxyl groups is 14. The minimum atomic E-state index is -4.30. The molecule has 5 amide bonds. The van der Waals surface area contributed by atoms with E-state index in [4.69, 9.17) is 80.7 Å². The van der Waals surface area contributed by atoms with Gasteiger partial charge in [0.15, 0.2) is 25.2 Å². The molecule has 11 rings (SSSR count). The third kappa shape index (κ3) is 29.4. The fourth-order valence-corrected chi connectivity index (χ4v) is 18.6. The lowest BCUT2D eigenvalue weighted by Gasteiger charge is -2.45. The molecular weight excluding hydrogens is 1900 g/mol. The second-order valence-corrected chi connectivity index (χ2v) is 36.7. The van der Waals surface area contributed by atoms with Crippen LogP contribution < -0.4 is 35.8 Å². The van der Waals surface area contributed by atoms with Crippen molar-refractivity contribution >= 4 is 66.9 Å². The number of ether oxygens (including phenoxy) is 15. The highest BCUT2D eigenvalue weighted by atomic mass is 31.2. The second kappa shape index (κ2) is 53.9. The Morgan fingerprint density at radius 1 is 0.447 bits per heavy atom. The van der Waals surface area contributed by atoms with E-state index in [-0.39, 0.29) is 119 Å². The topological polar surface area (TPSA) is 713 Å². The number of unbranched alkanes of at least 4 members (excludes halogenated alkanes) is 5. The standard InChI is InChI=1S/C90H131N8O42P/c1-124-83(118)51-36-56(58(38-53(51)85(120)126-3)135-89-79(114)73(108)69(104)60(41-99)137-89)132-43-62-71(106)75(110)77(112)87(139-62)130-31-26-93-81(116)46-33-47(82(117)94-27-32-131-88-78(113)76(111)72(107)63(140-88)44-133-57-37-52(84(119)125-2)54(86(121)127-4)39-59(57)136-90-80(115)74(109)70(105)61(42-100)138-90)35-48(34-46)129-30-25-92-64(101)21-9-8-15-28-98-68-50-19-12-13-20-55(50)97(40-45-17-10-11-18-49(45)67(68)95-96-98)66(103)23-22-65(102)91-24-14-6-7-16-29-134-141(122,123)128-5/h10-13,17-20,33-35,51-54,56-63,67-80,87-90,99-100,104-115H,6-9,14-16,21-32,36-44H2,1-5H3,(H,91,102)(H,92,101)(H,93,116)(H,94,117)(H,122,123)/p-1/t51?,52?,53-,54-,56-,57-,58?,59?,60?,61?,62?,63?,67?,68?,69+,70+,71+,72+,73-,74-,75-,76-,77?,78?,79?,80?,87-,88-,89+,90+/m0/s1. The van der Waals surface area contributed by atoms with E-state index >= 15 is 0 Å². The zero-order valence-electron chi connectivity index (χ0n) is 78.4. The van der Waals surface area contributed by atoms with Gasteiger partial charge in [-0.1, -0.05) is 67.0 Å². The minimum absolute atomic E-state index is 0.0151. The van der Waals surface area contributed by atoms with Gasteiger partial charge in [0.05, 0.1) is 136 Å². The van der Waals surface area contributed by atoms with Crippen molar-refractivity contribution in [3.05, 3.63) is 94.5 Å². The summed E-state index contributed by atoms with van der Waals surface area (Å²) in [5, 5.41) is 173. The van der Waals surface area contributed by atoms with Gasteiger partial charge in [0.1, 0.15) is 122 Å². The summed E-state index contributed by atoms with van der Waals surface area (Å²) in [6.45, 7) is -3.96. The molecule has 8 aliphatic rings. The first-order chi connectivity index (χ1) is 67.6. The van der Waals surface area contributed by atoms with Crippen LogP contribution in [0.5, 0.6) is 5.75 Å². The number of phosphoric ester groups is 1. The van der Waals surface area contributed by atoms with Crippen LogP contribution in [0.15, 0.2) is 77.1 Å². The summed E-state index contributed by atoms with van der Waals surface area (Å²) in [7, 11) is 1.02. The van der Waals surface area contributed by atoms with Gasteiger partial charge >= 0.3 is 23.9 Å². The number of carbonyl (C=O) groups is 9. The molecular formula is C90H130N8O42P-. The van der Waals surface area contributed by atoms with E-state index in [2.05, 4.69) is 31.0 Å². The van der Waals surface area contributed by atoms with Gasteiger partial charge < -0.3 is 183 Å². The largest absolute Gasteiger partial charge is 0.756 e. The van der Waals surface area contributed by atoms with Crippen LogP contribution in [0.3, 0.4) is 0 Å². The monoisotopic (exact) mass is 2030 g/mol. The summed E-state index contributed by atoms with van der Waals surface area (Å²) in [5.41, 5.74) is 2.79. The maximum atomic E-state index is 14.3. The maximum absolute atomic E-state index is 14.3. The maximum Gasteiger partial charge on any atom is 0.309 e. The molecule has 51 heteroatoms. The van der Waals surface area contributed by atoms with E-state index in [9.17, 15) is 124 Å². The smallest absolute Gasteiger partial charge is 0.309 e. The number of methoxy groups -OCH3 is 4. The third-order valence-corrected chi connectivity index (χ3v) is 27.0. The van der Waals surface area contributed by atoms with Gasteiger partial charge in [-0.3, -0.25) is 52.7 Å². The lowest BCUT2D eigenvalue weighted by Crippen LogP contribution is -2.61. The van der Waals surface area contributed by atoms with E-state index in [1.54, 1.807) is 4.90 Å². The fourth-order valence-electron chi connectivity index (χ4n) is 18.1. The number of nitrogens with one attached hydrogen (secondary N) is 4. The van der Waals surface area contributed by atoms with Crippen LogP contribution in [-0.4, -0.2) is 398 Å². The number of nitrogens with zero attached hydrogens (tertiary/aromatic N) is 4. The van der Waals surface area contributed by atoms with E-state index in [0.29, 0.717) is 63.7 Å². The number of esters is 4. The van der Waals surface area contributed by atoms with Gasteiger partial charge in [0.25, 0.3) is 19.6 Å². The molecule has 31 atom stereocenters. The third-order valence-electron chi connectivity index (χ3n) is 26.0. The molecule has 6 aliphatic heterocycles. The lowest BCUT2D eigenvalue weighted by molar-refractivity contribution is -0.326. The van der Waals surface area contributed by atoms with Crippen molar-refractivity contribution < 1.29 is 204 Å². The molecule has 141 heavy (non-hydrogen) atoms. The first kappa shape index (κ1) is 113. The Labute approximate surface area is 810 Å². The Morgan fingerprint density at radius 3 is 1.38 bits per heavy atom. The van der Waals surface area contributed by atoms with Crippen LogP contribution in [0.1, 0.15) is 139 Å². The normalized spacial score (nSPS) is 32.3. The lowest BCUT2D eigenvalue weighted by atomic mass is 9.76. The summed E-state index contributed by atoms with van der Waals surface area (Å²) in [6, 6.07) is 18.0. The number of phosphoric acid groups is 1. The molecule has 0 spiro atoms. The fraction of sp³-hybridized carbons (Fsp3) is 0.700. The Morgan fingerprint density at radius 2 is 0.879 bits per heavy atom. The zero-order valence-corrected chi connectivity index (χ0v) is 79.3. The molecule has 2 aliphatic carbocycles. The number of anilines is 1. The van der Waals surface area contributed by atoms with Gasteiger partial charge in [-0.2, -0.15) is 5.11 Å². The van der Waals surface area contributed by atoms with Crippen molar-refractivity contribution in [2.45, 2.75) is 256 Å². The number of amides is 5. The van der Waals surface area contributed by atoms with Crippen LogP contribution in [-0.2, 0) is 120 Å². The van der Waals surface area contributed by atoms with Gasteiger partial charge in [-0.15, -0.1) is 0 Å². The van der Waals surface area contributed by atoms with Gasteiger partial charge in [-0.05, 0) is 86.8 Å². The van der Waals surface area contributed by atoms with Crippen LogP contribution in [0, 0.1) is 23.7 Å². The van der Waals surface area contributed by atoms with Crippen molar-refractivity contribution in [1.29, 1.82) is 0 Å². The van der Waals surface area contributed by atoms with Gasteiger partial charge in [0, 0.05) is 74.9 Å². The summed E-state index contributed by atoms with van der Waals surface area (Å²) in [6.07, 6.45) is -38.3. The van der Waals surface area contributed by atoms with E-state index < -0.39 is 266 Å². The highest BCUT2D eigenvalue weighted by Crippen LogP contribution is 2.49. The van der Waals surface area contributed by atoms with Gasteiger partial charge in [0.2, 0.25) is 17.7 Å². The van der Waals surface area contributed by atoms with Crippen LogP contribution in [0.25, 0.3) is 0 Å². The molecule has 0 bridgehead atoms. The Bertz CT molecular complexity index is 4500. The van der Waals surface area contributed by atoms with Crippen molar-refractivity contribution in [2.24, 2.45) is 34.0 Å². The molecule has 4 saturated heterocycles. The van der Waals surface area contributed by atoms with E-state index in [1.165, 1.54) is 18.2 Å². The second-order valence-electron chi connectivity index (χ2n) is 35.2. The van der Waals surface area contributed by atoms with Crippen LogP contribution in [0.2, 0.25) is 0 Å². The van der Waals surface area contributed by atoms with Crippen molar-refractivity contribution in [3.8, 4) is 5.75 Å². The summed E-state index contributed by atoms with van der Waals surface area (Å²) < 4.78 is 105. The number of fused-ring (bicyclic) bond motifs is 5. The number of benzene rings is 3. The number of para-hydroxylation sites is 1. The average Bonchev–Trinajstić information content (AvgIpc) is 1.63. The van der Waals surface area contributed by atoms with Crippen molar-refractivity contribution in [2.75, 3.05) is 126 Å². The average molecular weight is 2030 g/mol. The quantitative estimate of drug-likeness (QED) is 0.0109. The molecule has 3 aromatic carbocycles. The molecule has 2 saturated carbocycles. The molecule has 3 aromatic rings. The predicted octanol–water partition coefficient (Wildman–Crippen LogP) is -4.66. The Kier molecular flexibility index (Phi) is 43.0. The molecule has 0 radical (unpaired) electrons. The first-order valence-electron chi connectivity index (χ1n) is 46.7. The molecule has 18 N–H and O–H groups in total. The zero-order chi connectivity index (χ0) is 102. The number of rotatable bonds is 48. The number of hydrogen-bond donors (Lipinski definition) is 18. The summed E-state index contributed by atoms with van der Waals surface area (Å²) in [4.78, 5) is 135. The first-order valence-corrected chi connectivity index (χ1v) is 48.2. The van der Waals surface area contributed by atoms with Crippen LogP contribution >= 0.6 is 7.82 Å². The number of carbonyl (C=O) groups excluding carboxylic acids is 9. The number of aliphatic hydroxyl groups excluding tert-OH is 14. The van der Waals surface area contributed by atoms with Gasteiger partial charge in [-0.25, -0.2) is 0 Å². The number of hydrogen-bond acceptors (Lipinski definition) is 45.